The van der Waals surface area contributed by atoms with Gasteiger partial charge in [-0.1, -0.05) is 42.5 Å². The summed E-state index contributed by atoms with van der Waals surface area (Å²) in [6.45, 7) is 1.38. The van der Waals surface area contributed by atoms with Crippen LogP contribution in [0.1, 0.15) is 24.2 Å². The molecule has 1 aliphatic heterocycles. The summed E-state index contributed by atoms with van der Waals surface area (Å²) in [6.07, 6.45) is -1.61. The Morgan fingerprint density at radius 3 is 2.31 bits per heavy atom. The Hall–Kier alpha value is -4.11. The number of rotatable bonds is 5. The standard InChI is InChI=1S/C26H23F2N3O4/c1-15(29)26(34)31(22(32)13-16-11-18(27)14-19(28)12-16)23-24(17-7-3-2-4-8-17)35-21-10-6-5-9-20(21)30-25(23)33/h2-12,14-15,23-24H,13,29H2,1H3,(H,30,33)/t15-,23-,24+/m0/s1. The van der Waals surface area contributed by atoms with E-state index in [1.54, 1.807) is 54.6 Å². The summed E-state index contributed by atoms with van der Waals surface area (Å²) in [5, 5.41) is 2.71. The number of fused-ring (bicyclic) bond motifs is 1. The molecule has 0 saturated carbocycles. The first-order chi connectivity index (χ1) is 16.7. The first-order valence-corrected chi connectivity index (χ1v) is 10.9. The minimum absolute atomic E-state index is 0.00414. The van der Waals surface area contributed by atoms with Gasteiger partial charge in [-0.25, -0.2) is 8.78 Å². The van der Waals surface area contributed by atoms with E-state index in [0.717, 1.165) is 17.0 Å². The van der Waals surface area contributed by atoms with E-state index in [4.69, 9.17) is 10.5 Å². The van der Waals surface area contributed by atoms with E-state index in [1.165, 1.54) is 6.92 Å². The zero-order chi connectivity index (χ0) is 25.1. The van der Waals surface area contributed by atoms with Gasteiger partial charge in [0, 0.05) is 6.07 Å². The molecule has 3 atom stereocenters. The average Bonchev–Trinajstić information content (AvgIpc) is 2.95. The second-order valence-corrected chi connectivity index (χ2v) is 8.22. The van der Waals surface area contributed by atoms with E-state index >= 15 is 0 Å². The Morgan fingerprint density at radius 2 is 1.66 bits per heavy atom. The molecule has 0 spiro atoms. The summed E-state index contributed by atoms with van der Waals surface area (Å²) in [7, 11) is 0. The monoisotopic (exact) mass is 479 g/mol. The lowest BCUT2D eigenvalue weighted by molar-refractivity contribution is -0.154. The van der Waals surface area contributed by atoms with Gasteiger partial charge in [0.2, 0.25) is 11.8 Å². The van der Waals surface area contributed by atoms with Crippen molar-refractivity contribution in [1.29, 1.82) is 0 Å². The van der Waals surface area contributed by atoms with Crippen LogP contribution in [0.15, 0.2) is 72.8 Å². The van der Waals surface area contributed by atoms with Crippen LogP contribution in [0.3, 0.4) is 0 Å². The largest absolute Gasteiger partial charge is 0.481 e. The Labute approximate surface area is 200 Å². The summed E-state index contributed by atoms with van der Waals surface area (Å²) in [6, 6.07) is 15.4. The summed E-state index contributed by atoms with van der Waals surface area (Å²) < 4.78 is 33.7. The molecule has 0 saturated heterocycles. The Morgan fingerprint density at radius 1 is 1.03 bits per heavy atom. The smallest absolute Gasteiger partial charge is 0.252 e. The molecule has 0 bridgehead atoms. The van der Waals surface area contributed by atoms with Crippen molar-refractivity contribution in [3.05, 3.63) is 95.6 Å². The van der Waals surface area contributed by atoms with Crippen molar-refractivity contribution in [1.82, 2.24) is 4.90 Å². The highest BCUT2D eigenvalue weighted by molar-refractivity contribution is 6.06. The number of benzene rings is 3. The molecule has 0 aliphatic carbocycles. The molecule has 0 radical (unpaired) electrons. The van der Waals surface area contributed by atoms with Crippen molar-refractivity contribution in [3.8, 4) is 5.75 Å². The van der Waals surface area contributed by atoms with Gasteiger partial charge in [-0.3, -0.25) is 19.3 Å². The predicted octanol–water partition coefficient (Wildman–Crippen LogP) is 3.35. The highest BCUT2D eigenvalue weighted by Gasteiger charge is 2.44. The number of hydrogen-bond donors (Lipinski definition) is 2. The fourth-order valence-electron chi connectivity index (χ4n) is 3.97. The zero-order valence-corrected chi connectivity index (χ0v) is 18.8. The molecule has 3 N–H and O–H groups in total. The van der Waals surface area contributed by atoms with Gasteiger partial charge >= 0.3 is 0 Å². The van der Waals surface area contributed by atoms with Crippen molar-refractivity contribution >= 4 is 23.4 Å². The number of ether oxygens (including phenoxy) is 1. The summed E-state index contributed by atoms with van der Waals surface area (Å²) in [5.74, 6) is -3.74. The van der Waals surface area contributed by atoms with Crippen molar-refractivity contribution in [2.24, 2.45) is 5.73 Å². The second-order valence-electron chi connectivity index (χ2n) is 8.22. The summed E-state index contributed by atoms with van der Waals surface area (Å²) in [5.41, 5.74) is 6.75. The van der Waals surface area contributed by atoms with Crippen LogP contribution in [0.4, 0.5) is 14.5 Å². The van der Waals surface area contributed by atoms with E-state index in [-0.39, 0.29) is 5.56 Å². The third-order valence-corrected chi connectivity index (χ3v) is 5.53. The van der Waals surface area contributed by atoms with E-state index in [2.05, 4.69) is 5.32 Å². The summed E-state index contributed by atoms with van der Waals surface area (Å²) >= 11 is 0. The topological polar surface area (TPSA) is 102 Å². The molecule has 1 aliphatic rings. The van der Waals surface area contributed by atoms with Crippen molar-refractivity contribution < 1.29 is 27.9 Å². The number of amides is 3. The average molecular weight is 479 g/mol. The van der Waals surface area contributed by atoms with Gasteiger partial charge in [0.15, 0.2) is 12.1 Å². The highest BCUT2D eigenvalue weighted by atomic mass is 19.1. The van der Waals surface area contributed by atoms with Crippen LogP contribution in [-0.2, 0) is 20.8 Å². The first kappa shape index (κ1) is 24.0. The number of nitrogens with two attached hydrogens (primary N) is 1. The van der Waals surface area contributed by atoms with Crippen LogP contribution in [0, 0.1) is 11.6 Å². The van der Waals surface area contributed by atoms with E-state index < -0.39 is 54.0 Å². The SMILES string of the molecule is C[C@H](N)C(=O)N(C(=O)Cc1cc(F)cc(F)c1)[C@@H]1C(=O)Nc2ccccc2O[C@@H]1c1ccccc1. The quantitative estimate of drug-likeness (QED) is 0.585. The maximum Gasteiger partial charge on any atom is 0.252 e. The molecule has 3 aromatic carbocycles. The number of hydrogen-bond acceptors (Lipinski definition) is 5. The number of imide groups is 1. The molecule has 180 valence electrons. The third kappa shape index (κ3) is 5.20. The minimum atomic E-state index is -1.45. The minimum Gasteiger partial charge on any atom is -0.481 e. The fourth-order valence-corrected chi connectivity index (χ4v) is 3.97. The number of para-hydroxylation sites is 2. The fraction of sp³-hybridized carbons (Fsp3) is 0.192. The number of nitrogens with zero attached hydrogens (tertiary/aromatic N) is 1. The van der Waals surface area contributed by atoms with Crippen LogP contribution in [-0.4, -0.2) is 34.7 Å². The predicted molar refractivity (Wildman–Crippen MR) is 124 cm³/mol. The zero-order valence-electron chi connectivity index (χ0n) is 18.8. The van der Waals surface area contributed by atoms with Crippen molar-refractivity contribution in [2.75, 3.05) is 5.32 Å². The number of carbonyl (C=O) groups is 3. The molecular weight excluding hydrogens is 456 g/mol. The van der Waals surface area contributed by atoms with Gasteiger partial charge in [-0.05, 0) is 42.3 Å². The lowest BCUT2D eigenvalue weighted by Gasteiger charge is -2.34. The van der Waals surface area contributed by atoms with Gasteiger partial charge in [0.25, 0.3) is 5.91 Å². The molecule has 7 nitrogen and oxygen atoms in total. The Balaban J connectivity index is 1.80. The Kier molecular flexibility index (Phi) is 6.88. The van der Waals surface area contributed by atoms with Gasteiger partial charge in [-0.15, -0.1) is 0 Å². The molecule has 0 aromatic heterocycles. The van der Waals surface area contributed by atoms with Crippen molar-refractivity contribution in [3.63, 3.8) is 0 Å². The molecule has 3 amide bonds. The molecule has 0 unspecified atom stereocenters. The maximum atomic E-state index is 13.7. The third-order valence-electron chi connectivity index (χ3n) is 5.53. The van der Waals surface area contributed by atoms with Gasteiger partial charge in [-0.2, -0.15) is 0 Å². The molecule has 35 heavy (non-hydrogen) atoms. The van der Waals surface area contributed by atoms with Crippen LogP contribution in [0.5, 0.6) is 5.75 Å². The van der Waals surface area contributed by atoms with Gasteiger partial charge < -0.3 is 15.8 Å². The van der Waals surface area contributed by atoms with E-state index in [0.29, 0.717) is 23.1 Å². The number of nitrogens with one attached hydrogen (secondary N) is 1. The first-order valence-electron chi connectivity index (χ1n) is 10.9. The maximum absolute atomic E-state index is 13.7. The van der Waals surface area contributed by atoms with Crippen LogP contribution < -0.4 is 15.8 Å². The number of carbonyl (C=O) groups excluding carboxylic acids is 3. The molecule has 0 fully saturated rings. The molecule has 4 rings (SSSR count). The normalized spacial score (nSPS) is 17.9. The lowest BCUT2D eigenvalue weighted by atomic mass is 9.98. The van der Waals surface area contributed by atoms with E-state index in [9.17, 15) is 23.2 Å². The van der Waals surface area contributed by atoms with Gasteiger partial charge in [0.05, 0.1) is 18.2 Å². The Bertz CT molecular complexity index is 1250. The lowest BCUT2D eigenvalue weighted by Crippen LogP contribution is -2.57. The summed E-state index contributed by atoms with van der Waals surface area (Å²) in [4.78, 5) is 40.9. The molecule has 9 heteroatoms. The number of halogens is 2. The molecule has 1 heterocycles. The van der Waals surface area contributed by atoms with Gasteiger partial charge in [0.1, 0.15) is 17.4 Å². The molecular formula is C26H23F2N3O4. The van der Waals surface area contributed by atoms with Crippen LogP contribution in [0.25, 0.3) is 0 Å². The van der Waals surface area contributed by atoms with E-state index in [1.807, 2.05) is 0 Å². The second kappa shape index (κ2) is 10.0. The van der Waals surface area contributed by atoms with Crippen LogP contribution >= 0.6 is 0 Å². The highest BCUT2D eigenvalue weighted by Crippen LogP contribution is 2.36. The van der Waals surface area contributed by atoms with Crippen LogP contribution in [0.2, 0.25) is 0 Å². The molecule has 3 aromatic rings. The van der Waals surface area contributed by atoms with Crippen molar-refractivity contribution in [2.45, 2.75) is 31.5 Å². The number of anilines is 1.